The molecule has 0 saturated carbocycles. The van der Waals surface area contributed by atoms with Crippen LogP contribution in [-0.2, 0) is 9.59 Å². The fourth-order valence-corrected chi connectivity index (χ4v) is 3.86. The standard InChI is InChI=1S/C25H32N4O6/c1-33-20-15-18(16-21(34-2)24(20)35-3)25(32)27-17-22(30)26-10-9-23(31)29-13-11-28(12-14-29)19-7-5-4-6-8-19/h4-8,15-16H,9-14,17H2,1-3H3,(H,26,30)(H,27,32). The number of nitrogens with zero attached hydrogens (tertiary/aromatic N) is 2. The van der Waals surface area contributed by atoms with Crippen LogP contribution in [-0.4, -0.2) is 83.2 Å². The molecule has 1 aliphatic rings. The molecule has 1 heterocycles. The van der Waals surface area contributed by atoms with Crippen LogP contribution in [0.4, 0.5) is 5.69 Å². The van der Waals surface area contributed by atoms with E-state index in [1.54, 1.807) is 0 Å². The number of anilines is 1. The lowest BCUT2D eigenvalue weighted by atomic mass is 10.1. The molecule has 2 N–H and O–H groups in total. The van der Waals surface area contributed by atoms with E-state index in [-0.39, 0.29) is 36.9 Å². The van der Waals surface area contributed by atoms with Crippen molar-refractivity contribution < 1.29 is 28.6 Å². The molecule has 0 spiro atoms. The Hall–Kier alpha value is -3.95. The van der Waals surface area contributed by atoms with E-state index in [9.17, 15) is 14.4 Å². The third-order valence-corrected chi connectivity index (χ3v) is 5.75. The van der Waals surface area contributed by atoms with Crippen molar-refractivity contribution in [3.05, 3.63) is 48.0 Å². The molecule has 2 aromatic rings. The molecule has 188 valence electrons. The predicted octanol–water partition coefficient (Wildman–Crippen LogP) is 1.30. The lowest BCUT2D eigenvalue weighted by molar-refractivity contribution is -0.131. The lowest BCUT2D eigenvalue weighted by Gasteiger charge is -2.36. The Bertz CT molecular complexity index is 997. The van der Waals surface area contributed by atoms with Gasteiger partial charge in [0, 0.05) is 50.4 Å². The second-order valence-corrected chi connectivity index (χ2v) is 7.90. The Morgan fingerprint density at radius 2 is 1.49 bits per heavy atom. The molecule has 0 radical (unpaired) electrons. The largest absolute Gasteiger partial charge is 0.493 e. The highest BCUT2D eigenvalue weighted by atomic mass is 16.5. The first-order valence-corrected chi connectivity index (χ1v) is 11.4. The highest BCUT2D eigenvalue weighted by Crippen LogP contribution is 2.38. The summed E-state index contributed by atoms with van der Waals surface area (Å²) in [7, 11) is 4.38. The normalized spacial score (nSPS) is 13.1. The molecule has 0 aromatic heterocycles. The van der Waals surface area contributed by atoms with Crippen LogP contribution in [0.5, 0.6) is 17.2 Å². The van der Waals surface area contributed by atoms with E-state index in [1.165, 1.54) is 33.5 Å². The molecule has 0 bridgehead atoms. The summed E-state index contributed by atoms with van der Waals surface area (Å²) in [6.45, 7) is 2.82. The van der Waals surface area contributed by atoms with Crippen molar-refractivity contribution in [3.8, 4) is 17.2 Å². The summed E-state index contributed by atoms with van der Waals surface area (Å²) >= 11 is 0. The Kier molecular flexibility index (Phi) is 9.16. The summed E-state index contributed by atoms with van der Waals surface area (Å²) in [5.41, 5.74) is 1.41. The van der Waals surface area contributed by atoms with Crippen molar-refractivity contribution in [3.63, 3.8) is 0 Å². The first kappa shape index (κ1) is 25.7. The quantitative estimate of drug-likeness (QED) is 0.523. The van der Waals surface area contributed by atoms with Gasteiger partial charge in [-0.1, -0.05) is 18.2 Å². The molecule has 1 aliphatic heterocycles. The van der Waals surface area contributed by atoms with Gasteiger partial charge < -0.3 is 34.6 Å². The van der Waals surface area contributed by atoms with Crippen molar-refractivity contribution in [2.24, 2.45) is 0 Å². The number of rotatable bonds is 10. The minimum absolute atomic E-state index is 0.000491. The maximum Gasteiger partial charge on any atom is 0.251 e. The fourth-order valence-electron chi connectivity index (χ4n) is 3.86. The molecule has 1 fully saturated rings. The average molecular weight is 485 g/mol. The lowest BCUT2D eigenvalue weighted by Crippen LogP contribution is -2.49. The maximum atomic E-state index is 12.5. The van der Waals surface area contributed by atoms with Gasteiger partial charge in [0.05, 0.1) is 27.9 Å². The SMILES string of the molecule is COc1cc(C(=O)NCC(=O)NCCC(=O)N2CCN(c3ccccc3)CC2)cc(OC)c1OC. The number of carbonyl (C=O) groups is 3. The summed E-state index contributed by atoms with van der Waals surface area (Å²) in [6, 6.07) is 13.1. The topological polar surface area (TPSA) is 109 Å². The van der Waals surface area contributed by atoms with Crippen LogP contribution in [0, 0.1) is 0 Å². The van der Waals surface area contributed by atoms with Crippen LogP contribution in [0.15, 0.2) is 42.5 Å². The second kappa shape index (κ2) is 12.5. The molecular formula is C25H32N4O6. The molecule has 35 heavy (non-hydrogen) atoms. The van der Waals surface area contributed by atoms with Crippen molar-refractivity contribution in [1.29, 1.82) is 0 Å². The Morgan fingerprint density at radius 3 is 2.06 bits per heavy atom. The van der Waals surface area contributed by atoms with Crippen molar-refractivity contribution in [2.45, 2.75) is 6.42 Å². The summed E-state index contributed by atoms with van der Waals surface area (Å²) in [5.74, 6) is 0.197. The number of hydrogen-bond donors (Lipinski definition) is 2. The minimum atomic E-state index is -0.466. The third-order valence-electron chi connectivity index (χ3n) is 5.75. The molecule has 10 heteroatoms. The average Bonchev–Trinajstić information content (AvgIpc) is 2.91. The molecule has 0 aliphatic carbocycles. The number of carbonyl (C=O) groups excluding carboxylic acids is 3. The Balaban J connectivity index is 1.39. The van der Waals surface area contributed by atoms with Gasteiger partial charge in [-0.25, -0.2) is 0 Å². The molecule has 3 amide bonds. The van der Waals surface area contributed by atoms with E-state index in [4.69, 9.17) is 14.2 Å². The zero-order valence-electron chi connectivity index (χ0n) is 20.3. The molecule has 0 atom stereocenters. The van der Waals surface area contributed by atoms with Gasteiger partial charge in [0.1, 0.15) is 0 Å². The van der Waals surface area contributed by atoms with Gasteiger partial charge in [0.2, 0.25) is 17.6 Å². The van der Waals surface area contributed by atoms with Gasteiger partial charge in [-0.3, -0.25) is 14.4 Å². The van der Waals surface area contributed by atoms with Gasteiger partial charge in [-0.05, 0) is 24.3 Å². The number of benzene rings is 2. The van der Waals surface area contributed by atoms with Crippen molar-refractivity contribution in [2.75, 3.05) is 65.5 Å². The van der Waals surface area contributed by atoms with E-state index < -0.39 is 5.91 Å². The van der Waals surface area contributed by atoms with Crippen LogP contribution < -0.4 is 29.7 Å². The molecule has 3 rings (SSSR count). The van der Waals surface area contributed by atoms with Crippen LogP contribution in [0.2, 0.25) is 0 Å². The number of hydrogen-bond acceptors (Lipinski definition) is 7. The number of para-hydroxylation sites is 1. The zero-order chi connectivity index (χ0) is 25.2. The second-order valence-electron chi connectivity index (χ2n) is 7.90. The minimum Gasteiger partial charge on any atom is -0.493 e. The van der Waals surface area contributed by atoms with Crippen LogP contribution in [0.1, 0.15) is 16.8 Å². The van der Waals surface area contributed by atoms with Gasteiger partial charge in [0.25, 0.3) is 5.91 Å². The van der Waals surface area contributed by atoms with E-state index in [0.29, 0.717) is 30.3 Å². The van der Waals surface area contributed by atoms with Crippen molar-refractivity contribution >= 4 is 23.4 Å². The van der Waals surface area contributed by atoms with Gasteiger partial charge in [0.15, 0.2) is 11.5 Å². The zero-order valence-corrected chi connectivity index (χ0v) is 20.3. The Morgan fingerprint density at radius 1 is 0.857 bits per heavy atom. The number of amides is 3. The fraction of sp³-hybridized carbons (Fsp3) is 0.400. The van der Waals surface area contributed by atoms with Crippen LogP contribution >= 0.6 is 0 Å². The summed E-state index contributed by atoms with van der Waals surface area (Å²) in [6.07, 6.45) is 0.206. The first-order valence-electron chi connectivity index (χ1n) is 11.4. The van der Waals surface area contributed by atoms with Crippen molar-refractivity contribution in [1.82, 2.24) is 15.5 Å². The van der Waals surface area contributed by atoms with Gasteiger partial charge in [-0.2, -0.15) is 0 Å². The Labute approximate surface area is 205 Å². The highest BCUT2D eigenvalue weighted by Gasteiger charge is 2.21. The maximum absolute atomic E-state index is 12.5. The van der Waals surface area contributed by atoms with Crippen LogP contribution in [0.3, 0.4) is 0 Å². The van der Waals surface area contributed by atoms with E-state index in [0.717, 1.165) is 18.8 Å². The highest BCUT2D eigenvalue weighted by molar-refractivity contribution is 5.97. The predicted molar refractivity (Wildman–Crippen MR) is 131 cm³/mol. The molecule has 1 saturated heterocycles. The number of nitrogens with one attached hydrogen (secondary N) is 2. The first-order chi connectivity index (χ1) is 17.0. The van der Waals surface area contributed by atoms with E-state index in [2.05, 4.69) is 27.7 Å². The molecule has 0 unspecified atom stereocenters. The smallest absolute Gasteiger partial charge is 0.251 e. The molecule has 10 nitrogen and oxygen atoms in total. The number of ether oxygens (including phenoxy) is 3. The third kappa shape index (κ3) is 6.78. The number of piperazine rings is 1. The van der Waals surface area contributed by atoms with Gasteiger partial charge >= 0.3 is 0 Å². The van der Waals surface area contributed by atoms with Gasteiger partial charge in [-0.15, -0.1) is 0 Å². The molecule has 2 aromatic carbocycles. The summed E-state index contributed by atoms with van der Waals surface area (Å²) in [5, 5.41) is 5.23. The molecular weight excluding hydrogens is 452 g/mol. The van der Waals surface area contributed by atoms with E-state index in [1.807, 2.05) is 23.1 Å². The van der Waals surface area contributed by atoms with Crippen LogP contribution in [0.25, 0.3) is 0 Å². The summed E-state index contributed by atoms with van der Waals surface area (Å²) in [4.78, 5) is 41.2. The number of methoxy groups -OCH3 is 3. The monoisotopic (exact) mass is 484 g/mol. The summed E-state index contributed by atoms with van der Waals surface area (Å²) < 4.78 is 15.7. The van der Waals surface area contributed by atoms with E-state index >= 15 is 0 Å².